The number of thioether (sulfide) groups is 1. The van der Waals surface area contributed by atoms with Gasteiger partial charge in [-0.25, -0.2) is 0 Å². The molecule has 0 fully saturated rings. The van der Waals surface area contributed by atoms with Gasteiger partial charge in [-0.2, -0.15) is 36.8 Å². The predicted molar refractivity (Wildman–Crippen MR) is 141 cm³/mol. The second-order valence-electron chi connectivity index (χ2n) is 7.37. The second kappa shape index (κ2) is 13.3. The first-order chi connectivity index (χ1) is 17.8. The number of aliphatic imine (C=N–C) groups is 2. The van der Waals surface area contributed by atoms with Crippen molar-refractivity contribution in [3.8, 4) is 0 Å². The first kappa shape index (κ1) is 20.0. The Bertz CT molecular complexity index is 1220. The van der Waals surface area contributed by atoms with Gasteiger partial charge in [-0.1, -0.05) is 55.5 Å². The SMILES string of the molecule is C=CC[CH-]C(=C)C1=NC=CCC1.[2H]C=C(N=CC(=C[2H])C([2H])([2H])[2H])C1=[C-]C=CC2c3ccccc3SC12.[Ir]. The predicted octanol–water partition coefficient (Wildman–Crippen LogP) is 7.77. The summed E-state index contributed by atoms with van der Waals surface area (Å²) in [4.78, 5) is 9.63. The van der Waals surface area contributed by atoms with E-state index >= 15 is 0 Å². The summed E-state index contributed by atoms with van der Waals surface area (Å²) in [5.74, 6) is 0.191. The van der Waals surface area contributed by atoms with Gasteiger partial charge in [0.1, 0.15) is 0 Å². The summed E-state index contributed by atoms with van der Waals surface area (Å²) in [5, 5.41) is 0.0624. The Labute approximate surface area is 223 Å². The van der Waals surface area contributed by atoms with E-state index in [1.165, 1.54) is 10.5 Å². The van der Waals surface area contributed by atoms with Crippen LogP contribution < -0.4 is 0 Å². The van der Waals surface area contributed by atoms with Crippen molar-refractivity contribution in [2.24, 2.45) is 9.98 Å². The van der Waals surface area contributed by atoms with E-state index in [2.05, 4.69) is 59.9 Å². The van der Waals surface area contributed by atoms with E-state index in [0.29, 0.717) is 5.70 Å². The molecule has 1 radical (unpaired) electrons. The first-order valence-electron chi connectivity index (χ1n) is 13.1. The van der Waals surface area contributed by atoms with Gasteiger partial charge in [0.25, 0.3) is 0 Å². The molecule has 0 aromatic heterocycles. The molecule has 4 heteroatoms. The third-order valence-corrected chi connectivity index (χ3v) is 6.50. The van der Waals surface area contributed by atoms with Crippen LogP contribution in [-0.4, -0.2) is 17.2 Å². The van der Waals surface area contributed by atoms with Gasteiger partial charge < -0.3 is 9.98 Å². The third kappa shape index (κ3) is 7.30. The van der Waals surface area contributed by atoms with Crippen molar-refractivity contribution in [3.63, 3.8) is 0 Å². The summed E-state index contributed by atoms with van der Waals surface area (Å²) >= 11 is 1.71. The van der Waals surface area contributed by atoms with E-state index < -0.39 is 6.85 Å². The van der Waals surface area contributed by atoms with E-state index in [9.17, 15) is 0 Å². The van der Waals surface area contributed by atoms with Crippen molar-refractivity contribution < 1.29 is 27.0 Å². The molecule has 2 unspecified atom stereocenters. The Balaban J connectivity index is 0.000000330. The van der Waals surface area contributed by atoms with Crippen LogP contribution in [0.25, 0.3) is 0 Å². The van der Waals surface area contributed by atoms with Gasteiger partial charge in [-0.05, 0) is 42.1 Å². The smallest absolute Gasteiger partial charge is 0.0541 e. The summed E-state index contributed by atoms with van der Waals surface area (Å²) in [7, 11) is 0. The molecule has 0 saturated carbocycles. The van der Waals surface area contributed by atoms with Crippen LogP contribution >= 0.6 is 11.8 Å². The Morgan fingerprint density at radius 1 is 1.42 bits per heavy atom. The molecule has 2 atom stereocenters. The number of hydrogen-bond donors (Lipinski definition) is 0. The third-order valence-electron chi connectivity index (χ3n) is 5.09. The molecule has 2 aliphatic heterocycles. The molecule has 1 aromatic carbocycles. The minimum atomic E-state index is -2.40. The zero-order chi connectivity index (χ0) is 26.8. The van der Waals surface area contributed by atoms with Crippen molar-refractivity contribution in [1.29, 1.82) is 0 Å². The van der Waals surface area contributed by atoms with Crippen molar-refractivity contribution in [1.82, 2.24) is 0 Å². The summed E-state index contributed by atoms with van der Waals surface area (Å²) in [6, 6.07) is 8.19. The number of benzene rings is 1. The first-order valence-corrected chi connectivity index (χ1v) is 11.3. The van der Waals surface area contributed by atoms with Crippen LogP contribution in [-0.2, 0) is 20.1 Å². The molecule has 0 bridgehead atoms. The molecule has 3 aliphatic rings. The molecule has 173 valence electrons. The number of rotatable bonds is 7. The second-order valence-corrected chi connectivity index (χ2v) is 8.55. The van der Waals surface area contributed by atoms with Crippen molar-refractivity contribution in [2.45, 2.75) is 42.2 Å². The van der Waals surface area contributed by atoms with Crippen LogP contribution in [0.5, 0.6) is 0 Å². The van der Waals surface area contributed by atoms with Crippen LogP contribution in [0.3, 0.4) is 0 Å². The van der Waals surface area contributed by atoms with E-state index in [4.69, 9.17) is 6.85 Å². The van der Waals surface area contributed by atoms with Crippen molar-refractivity contribution >= 4 is 23.7 Å². The van der Waals surface area contributed by atoms with E-state index in [1.807, 2.05) is 30.5 Å². The van der Waals surface area contributed by atoms with E-state index in [1.54, 1.807) is 11.8 Å². The minimum Gasteiger partial charge on any atom is -0.325 e. The summed E-state index contributed by atoms with van der Waals surface area (Å²) in [6.45, 7) is 7.09. The molecule has 33 heavy (non-hydrogen) atoms. The van der Waals surface area contributed by atoms with Crippen molar-refractivity contribution in [3.05, 3.63) is 122 Å². The van der Waals surface area contributed by atoms with Gasteiger partial charge >= 0.3 is 0 Å². The average Bonchev–Trinajstić information content (AvgIpc) is 3.29. The van der Waals surface area contributed by atoms with Crippen LogP contribution in [0.2, 0.25) is 0 Å². The fraction of sp³-hybridized carbons (Fsp3) is 0.207. The van der Waals surface area contributed by atoms with Crippen LogP contribution in [0, 0.1) is 12.5 Å². The zero-order valence-corrected chi connectivity index (χ0v) is 21.5. The topological polar surface area (TPSA) is 24.7 Å². The molecule has 0 spiro atoms. The zero-order valence-electron chi connectivity index (χ0n) is 23.3. The van der Waals surface area contributed by atoms with Crippen LogP contribution in [0.15, 0.2) is 118 Å². The molecule has 1 aliphatic carbocycles. The largest absolute Gasteiger partial charge is 0.325 e. The maximum absolute atomic E-state index is 7.69. The average molecular weight is 636 g/mol. The molecular formula is C29H30IrN2S-2. The van der Waals surface area contributed by atoms with Gasteiger partial charge in [0.2, 0.25) is 0 Å². The Hall–Kier alpha value is -2.39. The minimum absolute atomic E-state index is 0. The van der Waals surface area contributed by atoms with Crippen LogP contribution in [0.4, 0.5) is 0 Å². The number of hydrogen-bond acceptors (Lipinski definition) is 3. The number of fused-ring (bicyclic) bond motifs is 3. The van der Waals surface area contributed by atoms with Gasteiger partial charge in [0, 0.05) is 48.1 Å². The number of nitrogens with zero attached hydrogens (tertiary/aromatic N) is 2. The summed E-state index contributed by atoms with van der Waals surface area (Å²) < 4.78 is 37.1. The maximum atomic E-state index is 7.69. The molecule has 4 rings (SSSR count). The van der Waals surface area contributed by atoms with Crippen LogP contribution in [0.1, 0.15) is 44.4 Å². The molecule has 0 amide bonds. The molecule has 2 nitrogen and oxygen atoms in total. The fourth-order valence-corrected chi connectivity index (χ4v) is 4.98. The standard InChI is InChI=1S/C18H16NS.C11H14N.Ir/c1-12(2)11-19-13(3)14-8-6-9-16-15-7-4-5-10-17(15)20-18(14)16;1-3-4-7-10(2)11-8-5-6-9-12-11;/h4-7,9-11,16,18H,1,3H2,2H3;3,6-7,9H,1-2,4-5,8H2;/q2*-1;/i1D,2D3,3D;;. The quantitative estimate of drug-likeness (QED) is 0.171. The summed E-state index contributed by atoms with van der Waals surface area (Å²) in [5.41, 5.74) is 4.37. The molecule has 2 heterocycles. The Morgan fingerprint density at radius 2 is 2.30 bits per heavy atom. The maximum Gasteiger partial charge on any atom is 0.0541 e. The molecular weight excluding hydrogens is 601 g/mol. The number of allylic oxidation sites excluding steroid dienone is 8. The monoisotopic (exact) mass is 636 g/mol. The van der Waals surface area contributed by atoms with Crippen molar-refractivity contribution in [2.75, 3.05) is 0 Å². The van der Waals surface area contributed by atoms with Gasteiger partial charge in [0.15, 0.2) is 0 Å². The van der Waals surface area contributed by atoms with E-state index in [0.717, 1.165) is 55.4 Å². The molecule has 0 N–H and O–H groups in total. The Kier molecular flexibility index (Phi) is 8.10. The Morgan fingerprint density at radius 3 is 3.03 bits per heavy atom. The molecule has 1 aromatic rings. The summed E-state index contributed by atoms with van der Waals surface area (Å²) in [6.07, 6.45) is 19.1. The van der Waals surface area contributed by atoms with Gasteiger partial charge in [-0.15, -0.1) is 30.5 Å². The molecule has 0 saturated heterocycles. The normalized spacial score (nSPS) is 23.6. The van der Waals surface area contributed by atoms with E-state index in [-0.39, 0.29) is 36.8 Å². The van der Waals surface area contributed by atoms with Gasteiger partial charge in [0.05, 0.1) is 1.37 Å². The fourth-order valence-electron chi connectivity index (χ4n) is 3.52. The van der Waals surface area contributed by atoms with Gasteiger partial charge in [-0.3, -0.25) is 0 Å².